The van der Waals surface area contributed by atoms with Gasteiger partial charge in [-0.1, -0.05) is 30.3 Å². The van der Waals surface area contributed by atoms with Crippen LogP contribution in [0.4, 0.5) is 21.1 Å². The molecule has 2 saturated heterocycles. The molecule has 2 fully saturated rings. The monoisotopic (exact) mass is 594 g/mol. The summed E-state index contributed by atoms with van der Waals surface area (Å²) in [5.41, 5.74) is 3.03. The number of methoxy groups -OCH3 is 1. The third kappa shape index (κ3) is 5.31. The molecule has 2 aliphatic rings. The lowest BCUT2D eigenvalue weighted by atomic mass is 9.85. The van der Waals surface area contributed by atoms with Crippen LogP contribution in [0.25, 0.3) is 11.1 Å². The maximum atomic E-state index is 14.3. The average molecular weight is 595 g/mol. The van der Waals surface area contributed by atoms with Crippen molar-refractivity contribution >= 4 is 29.6 Å². The number of nitrogens with zero attached hydrogens (tertiary/aromatic N) is 6. The topological polar surface area (TPSA) is 138 Å². The van der Waals surface area contributed by atoms with Gasteiger partial charge in [0.15, 0.2) is 0 Å². The number of ether oxygens (including phenoxy) is 2. The summed E-state index contributed by atoms with van der Waals surface area (Å²) in [5, 5.41) is 8.82. The maximum absolute atomic E-state index is 14.3. The Balaban J connectivity index is 1.29. The number of urea groups is 1. The molecule has 12 nitrogen and oxygen atoms in total. The first kappa shape index (κ1) is 28.7. The molecule has 2 aromatic carbocycles. The zero-order chi connectivity index (χ0) is 30.8. The molecular weight excluding hydrogens is 564 g/mol. The van der Waals surface area contributed by atoms with Crippen LogP contribution >= 0.6 is 0 Å². The summed E-state index contributed by atoms with van der Waals surface area (Å²) in [4.78, 5) is 57.2. The number of carboxylic acid groups (broad SMARTS) is 1. The van der Waals surface area contributed by atoms with Gasteiger partial charge in [0.25, 0.3) is 5.91 Å². The van der Waals surface area contributed by atoms with Gasteiger partial charge < -0.3 is 14.6 Å². The van der Waals surface area contributed by atoms with Crippen LogP contribution in [-0.4, -0.2) is 68.8 Å². The van der Waals surface area contributed by atoms with Crippen LogP contribution < -0.4 is 19.3 Å². The largest absolute Gasteiger partial charge is 0.511 e. The van der Waals surface area contributed by atoms with Crippen LogP contribution in [0.3, 0.4) is 0 Å². The van der Waals surface area contributed by atoms with E-state index in [-0.39, 0.29) is 17.5 Å². The number of likely N-dealkylation sites (tertiary alicyclic amines) is 1. The van der Waals surface area contributed by atoms with Crippen molar-refractivity contribution < 1.29 is 29.0 Å². The number of pyridine rings is 1. The third-order valence-electron chi connectivity index (χ3n) is 8.17. The standard InChI is InChI=1S/C32H30N6O6/c1-21-4-3-15-33-26(21)19-36-16-13-32(14-17-36)29(39)37(30(40)38(32)27-18-28(43-2)35-20-34-27)24-9-5-22(6-10-24)23-7-11-25(12-8-23)44-31(41)42/h3-12,15,18,20H,13-14,16-17,19H2,1-2H3,(H,41,42). The molecule has 0 atom stereocenters. The molecule has 2 aliphatic heterocycles. The van der Waals surface area contributed by atoms with E-state index >= 15 is 0 Å². The van der Waals surface area contributed by atoms with Crippen molar-refractivity contribution in [3.8, 4) is 22.8 Å². The first-order valence-electron chi connectivity index (χ1n) is 14.1. The van der Waals surface area contributed by atoms with Crippen LogP contribution in [0.2, 0.25) is 0 Å². The van der Waals surface area contributed by atoms with Crippen molar-refractivity contribution in [2.45, 2.75) is 31.8 Å². The zero-order valence-corrected chi connectivity index (χ0v) is 24.2. The first-order valence-corrected chi connectivity index (χ1v) is 14.1. The number of imide groups is 1. The molecule has 0 radical (unpaired) electrons. The van der Waals surface area contributed by atoms with Crippen LogP contribution in [0.5, 0.6) is 11.6 Å². The number of amides is 3. The summed E-state index contributed by atoms with van der Waals surface area (Å²) < 4.78 is 9.98. The van der Waals surface area contributed by atoms with Crippen molar-refractivity contribution in [3.63, 3.8) is 0 Å². The van der Waals surface area contributed by atoms with E-state index in [4.69, 9.17) is 9.84 Å². The van der Waals surface area contributed by atoms with E-state index < -0.39 is 17.7 Å². The number of rotatable bonds is 7. The van der Waals surface area contributed by atoms with Crippen molar-refractivity contribution in [2.75, 3.05) is 30.0 Å². The second-order valence-electron chi connectivity index (χ2n) is 10.7. The summed E-state index contributed by atoms with van der Waals surface area (Å²) >= 11 is 0. The number of aryl methyl sites for hydroxylation is 1. The molecule has 0 unspecified atom stereocenters. The molecule has 0 aliphatic carbocycles. The molecule has 4 aromatic rings. The summed E-state index contributed by atoms with van der Waals surface area (Å²) in [5.74, 6) is 0.485. The van der Waals surface area contributed by atoms with Gasteiger partial charge in [0.05, 0.1) is 18.5 Å². The number of aromatic nitrogens is 3. The molecule has 4 heterocycles. The van der Waals surface area contributed by atoms with Gasteiger partial charge in [-0.05, 0) is 66.8 Å². The minimum atomic E-state index is -1.39. The molecule has 6 rings (SSSR count). The highest BCUT2D eigenvalue weighted by Crippen LogP contribution is 2.42. The summed E-state index contributed by atoms with van der Waals surface area (Å²) in [6.07, 6.45) is 2.54. The number of benzene rings is 2. The molecule has 2 aromatic heterocycles. The molecule has 1 spiro atoms. The normalized spacial score (nSPS) is 16.4. The minimum absolute atomic E-state index is 0.207. The van der Waals surface area contributed by atoms with Crippen molar-refractivity contribution in [1.82, 2.24) is 19.9 Å². The summed E-state index contributed by atoms with van der Waals surface area (Å²) in [6.45, 7) is 3.86. The van der Waals surface area contributed by atoms with Crippen LogP contribution in [-0.2, 0) is 11.3 Å². The van der Waals surface area contributed by atoms with Gasteiger partial charge in [0.1, 0.15) is 23.4 Å². The third-order valence-corrected chi connectivity index (χ3v) is 8.17. The van der Waals surface area contributed by atoms with Crippen LogP contribution in [0.1, 0.15) is 24.1 Å². The highest BCUT2D eigenvalue weighted by atomic mass is 16.7. The number of anilines is 2. The molecule has 3 amide bonds. The lowest BCUT2D eigenvalue weighted by Gasteiger charge is -2.41. The molecule has 224 valence electrons. The SMILES string of the molecule is COc1cc(N2C(=O)N(c3ccc(-c4ccc(OC(=O)O)cc4)cc3)C(=O)C23CCN(Cc2ncccc2C)CC3)ncn1. The van der Waals surface area contributed by atoms with Gasteiger partial charge in [-0.3, -0.25) is 19.6 Å². The molecule has 1 N–H and O–H groups in total. The highest BCUT2D eigenvalue weighted by molar-refractivity contribution is 6.30. The van der Waals surface area contributed by atoms with E-state index in [1.165, 1.54) is 23.2 Å². The molecule has 0 saturated carbocycles. The number of hydrogen-bond donors (Lipinski definition) is 1. The van der Waals surface area contributed by atoms with E-state index in [2.05, 4.69) is 24.6 Å². The fourth-order valence-electron chi connectivity index (χ4n) is 5.82. The van der Waals surface area contributed by atoms with Crippen molar-refractivity contribution in [3.05, 3.63) is 90.5 Å². The Morgan fingerprint density at radius 1 is 0.955 bits per heavy atom. The molecular formula is C32H30N6O6. The fourth-order valence-corrected chi connectivity index (χ4v) is 5.82. The Morgan fingerprint density at radius 2 is 1.64 bits per heavy atom. The first-order chi connectivity index (χ1) is 21.3. The van der Waals surface area contributed by atoms with E-state index in [0.717, 1.165) is 22.4 Å². The number of hydrogen-bond acceptors (Lipinski definition) is 9. The van der Waals surface area contributed by atoms with Gasteiger partial charge in [-0.15, -0.1) is 0 Å². The lowest BCUT2D eigenvalue weighted by Crippen LogP contribution is -2.57. The Morgan fingerprint density at radius 3 is 2.27 bits per heavy atom. The van der Waals surface area contributed by atoms with Crippen LogP contribution in [0.15, 0.2) is 79.3 Å². The second-order valence-corrected chi connectivity index (χ2v) is 10.7. The van der Waals surface area contributed by atoms with Crippen LogP contribution in [0, 0.1) is 6.92 Å². The van der Waals surface area contributed by atoms with Crippen molar-refractivity contribution in [1.29, 1.82) is 0 Å². The van der Waals surface area contributed by atoms with Gasteiger partial charge >= 0.3 is 12.2 Å². The van der Waals surface area contributed by atoms with E-state index in [9.17, 15) is 14.4 Å². The molecule has 0 bridgehead atoms. The van der Waals surface area contributed by atoms with Gasteiger partial charge in [-0.25, -0.2) is 24.5 Å². The van der Waals surface area contributed by atoms with Gasteiger partial charge in [0.2, 0.25) is 5.88 Å². The van der Waals surface area contributed by atoms with Crippen molar-refractivity contribution in [2.24, 2.45) is 0 Å². The predicted molar refractivity (Wildman–Crippen MR) is 161 cm³/mol. The average Bonchev–Trinajstić information content (AvgIpc) is 3.24. The maximum Gasteiger partial charge on any atom is 0.511 e. The Labute approximate surface area is 253 Å². The lowest BCUT2D eigenvalue weighted by molar-refractivity contribution is -0.123. The number of piperidine rings is 1. The minimum Gasteiger partial charge on any atom is -0.481 e. The Hall–Kier alpha value is -5.36. The molecule has 44 heavy (non-hydrogen) atoms. The van der Waals surface area contributed by atoms with Gasteiger partial charge in [-0.2, -0.15) is 0 Å². The number of carbonyl (C=O) groups is 3. The second kappa shape index (κ2) is 11.7. The summed E-state index contributed by atoms with van der Waals surface area (Å²) in [6, 6.07) is 18.7. The number of carbonyl (C=O) groups excluding carboxylic acids is 2. The van der Waals surface area contributed by atoms with E-state index in [0.29, 0.717) is 44.0 Å². The molecule has 12 heteroatoms. The smallest absolute Gasteiger partial charge is 0.481 e. The summed E-state index contributed by atoms with van der Waals surface area (Å²) in [7, 11) is 1.48. The Kier molecular flexibility index (Phi) is 7.66. The fraction of sp³-hybridized carbons (Fsp3) is 0.250. The predicted octanol–water partition coefficient (Wildman–Crippen LogP) is 4.92. The zero-order valence-electron chi connectivity index (χ0n) is 24.2. The van der Waals surface area contributed by atoms with Gasteiger partial charge in [0, 0.05) is 31.9 Å². The quantitative estimate of drug-likeness (QED) is 0.178. The van der Waals surface area contributed by atoms with E-state index in [1.807, 2.05) is 31.2 Å². The van der Waals surface area contributed by atoms with E-state index in [1.54, 1.807) is 48.7 Å². The Bertz CT molecular complexity index is 1700. The highest BCUT2D eigenvalue weighted by Gasteiger charge is 2.59.